The fourth-order valence-electron chi connectivity index (χ4n) is 12.7. The number of aromatic nitrogens is 6. The second-order valence-corrected chi connectivity index (χ2v) is 23.5. The molecular formula is C78H59BN8. The standard InChI is InChI=1S/C78H59BN8/c1-77(2,58-32-19-9-20-33-58)60-42-48-64-68(50-60)86(62-44-38-56(39-45-62)75-82-71(52-24-11-5-12-25-52)80-72(83-75)53-26-13-6-14-27-53)66-36-23-37-67-70(66)79(64)65-49-43-61(78(3,4)59-34-21-10-22-35-59)51-69(65)87(67)63-46-40-57(41-47-63)76-84-73(54-28-15-7-16-29-54)81-74(85-76)55-30-17-8-18-31-55/h5-51H,1-4H3. The van der Waals surface area contributed by atoms with E-state index in [9.17, 15) is 0 Å². The van der Waals surface area contributed by atoms with E-state index in [1.54, 1.807) is 0 Å². The summed E-state index contributed by atoms with van der Waals surface area (Å²) in [6.07, 6.45) is 0. The first-order valence-corrected chi connectivity index (χ1v) is 29.7. The molecule has 414 valence electrons. The second kappa shape index (κ2) is 21.6. The topological polar surface area (TPSA) is 83.8 Å². The van der Waals surface area contributed by atoms with E-state index < -0.39 is 0 Å². The lowest BCUT2D eigenvalue weighted by Crippen LogP contribution is -2.61. The first-order valence-electron chi connectivity index (χ1n) is 29.7. The van der Waals surface area contributed by atoms with Crippen molar-refractivity contribution >= 4 is 57.2 Å². The summed E-state index contributed by atoms with van der Waals surface area (Å²) in [5, 5.41) is 0. The smallest absolute Gasteiger partial charge is 0.252 e. The van der Waals surface area contributed by atoms with Gasteiger partial charge in [-0.15, -0.1) is 0 Å². The van der Waals surface area contributed by atoms with Gasteiger partial charge in [0.1, 0.15) is 0 Å². The van der Waals surface area contributed by atoms with Gasteiger partial charge in [0.2, 0.25) is 0 Å². The average molecular weight is 1120 g/mol. The van der Waals surface area contributed by atoms with Gasteiger partial charge < -0.3 is 9.80 Å². The van der Waals surface area contributed by atoms with Crippen molar-refractivity contribution in [1.29, 1.82) is 0 Å². The van der Waals surface area contributed by atoms with Gasteiger partial charge in [-0.05, 0) is 111 Å². The molecule has 0 radical (unpaired) electrons. The molecule has 0 N–H and O–H groups in total. The summed E-state index contributed by atoms with van der Waals surface area (Å²) in [6, 6.07) is 101. The second-order valence-electron chi connectivity index (χ2n) is 23.5. The molecule has 0 amide bonds. The van der Waals surface area contributed by atoms with Crippen LogP contribution in [0.15, 0.2) is 285 Å². The molecule has 4 heterocycles. The predicted octanol–water partition coefficient (Wildman–Crippen LogP) is 16.8. The minimum atomic E-state index is -0.307. The Bertz CT molecular complexity index is 4250. The van der Waals surface area contributed by atoms with E-state index in [0.717, 1.165) is 67.5 Å². The third-order valence-electron chi connectivity index (χ3n) is 17.6. The zero-order valence-corrected chi connectivity index (χ0v) is 48.8. The number of benzene rings is 11. The normalized spacial score (nSPS) is 12.5. The molecular weight excluding hydrogens is 1060 g/mol. The minimum absolute atomic E-state index is 0.105. The fourth-order valence-corrected chi connectivity index (χ4v) is 12.7. The Morgan fingerprint density at radius 1 is 0.253 bits per heavy atom. The molecule has 8 nitrogen and oxygen atoms in total. The van der Waals surface area contributed by atoms with Crippen LogP contribution >= 0.6 is 0 Å². The largest absolute Gasteiger partial charge is 0.311 e. The van der Waals surface area contributed by atoms with Crippen LogP contribution in [0.25, 0.3) is 68.3 Å². The Hall–Kier alpha value is -10.9. The maximum atomic E-state index is 5.12. The van der Waals surface area contributed by atoms with Crippen molar-refractivity contribution < 1.29 is 0 Å². The molecule has 0 unspecified atom stereocenters. The molecule has 2 aromatic heterocycles. The summed E-state index contributed by atoms with van der Waals surface area (Å²) in [5.74, 6) is 3.71. The van der Waals surface area contributed by atoms with Crippen molar-refractivity contribution in [1.82, 2.24) is 29.9 Å². The van der Waals surface area contributed by atoms with E-state index in [2.05, 4.69) is 201 Å². The maximum absolute atomic E-state index is 5.12. The van der Waals surface area contributed by atoms with E-state index in [0.29, 0.717) is 34.9 Å². The summed E-state index contributed by atoms with van der Waals surface area (Å²) in [6.45, 7) is 9.23. The van der Waals surface area contributed by atoms with Crippen LogP contribution < -0.4 is 26.2 Å². The molecule has 2 aliphatic rings. The van der Waals surface area contributed by atoms with Crippen LogP contribution in [0.1, 0.15) is 49.9 Å². The molecule has 9 heteroatoms. The lowest BCUT2D eigenvalue weighted by molar-refractivity contribution is 0.641. The highest BCUT2D eigenvalue weighted by molar-refractivity contribution is 7.00. The van der Waals surface area contributed by atoms with Gasteiger partial charge in [-0.3, -0.25) is 0 Å². The molecule has 15 rings (SSSR count). The number of fused-ring (bicyclic) bond motifs is 4. The maximum Gasteiger partial charge on any atom is 0.252 e. The first-order chi connectivity index (χ1) is 42.6. The number of anilines is 6. The summed E-state index contributed by atoms with van der Waals surface area (Å²) in [5.41, 5.74) is 20.1. The van der Waals surface area contributed by atoms with E-state index in [-0.39, 0.29) is 17.5 Å². The van der Waals surface area contributed by atoms with Crippen LogP contribution in [-0.2, 0) is 10.8 Å². The van der Waals surface area contributed by atoms with Gasteiger partial charge >= 0.3 is 0 Å². The number of nitrogens with zero attached hydrogens (tertiary/aromatic N) is 8. The zero-order valence-electron chi connectivity index (χ0n) is 48.8. The SMILES string of the molecule is CC(C)(c1ccccc1)c1ccc2c(c1)N(c1ccc(-c3nc(-c4ccccc4)nc(-c4ccccc4)n3)cc1)c1cccc3c1B2c1ccc(C(C)(C)c2ccccc2)cc1N3c1ccc(-c2nc(-c3ccccc3)nc(-c3ccccc3)n2)cc1. The Morgan fingerprint density at radius 2 is 0.529 bits per heavy atom. The van der Waals surface area contributed by atoms with Crippen molar-refractivity contribution in [3.8, 4) is 68.3 Å². The summed E-state index contributed by atoms with van der Waals surface area (Å²) >= 11 is 0. The van der Waals surface area contributed by atoms with Gasteiger partial charge in [-0.1, -0.05) is 240 Å². The van der Waals surface area contributed by atoms with Gasteiger partial charge in [-0.2, -0.15) is 0 Å². The molecule has 0 atom stereocenters. The van der Waals surface area contributed by atoms with Crippen LogP contribution in [0, 0.1) is 0 Å². The molecule has 87 heavy (non-hydrogen) atoms. The number of hydrogen-bond donors (Lipinski definition) is 0. The highest BCUT2D eigenvalue weighted by Crippen LogP contribution is 2.47. The van der Waals surface area contributed by atoms with Crippen molar-refractivity contribution in [2.24, 2.45) is 0 Å². The molecule has 0 bridgehead atoms. The van der Waals surface area contributed by atoms with E-state index in [4.69, 9.17) is 29.9 Å². The molecule has 0 fully saturated rings. The van der Waals surface area contributed by atoms with Gasteiger partial charge in [-0.25, -0.2) is 29.9 Å². The van der Waals surface area contributed by atoms with E-state index in [1.807, 2.05) is 121 Å². The van der Waals surface area contributed by atoms with Crippen LogP contribution in [0.4, 0.5) is 34.1 Å². The van der Waals surface area contributed by atoms with Crippen molar-refractivity contribution in [2.75, 3.05) is 9.80 Å². The van der Waals surface area contributed by atoms with Gasteiger partial charge in [0.15, 0.2) is 34.9 Å². The third kappa shape index (κ3) is 9.54. The molecule has 11 aromatic carbocycles. The highest BCUT2D eigenvalue weighted by atomic mass is 15.2. The van der Waals surface area contributed by atoms with Crippen molar-refractivity contribution in [3.05, 3.63) is 307 Å². The van der Waals surface area contributed by atoms with Crippen LogP contribution in [-0.4, -0.2) is 36.6 Å². The summed E-state index contributed by atoms with van der Waals surface area (Å²) in [7, 11) is 0. The van der Waals surface area contributed by atoms with Gasteiger partial charge in [0.05, 0.1) is 0 Å². The van der Waals surface area contributed by atoms with Crippen LogP contribution in [0.5, 0.6) is 0 Å². The highest BCUT2D eigenvalue weighted by Gasteiger charge is 2.44. The van der Waals surface area contributed by atoms with Crippen LogP contribution in [0.2, 0.25) is 0 Å². The predicted molar refractivity (Wildman–Crippen MR) is 357 cm³/mol. The van der Waals surface area contributed by atoms with Crippen LogP contribution in [0.3, 0.4) is 0 Å². The molecule has 0 spiro atoms. The Kier molecular flexibility index (Phi) is 13.1. The monoisotopic (exact) mass is 1120 g/mol. The molecule has 13 aromatic rings. The van der Waals surface area contributed by atoms with Gasteiger partial charge in [0, 0.05) is 78.3 Å². The third-order valence-corrected chi connectivity index (χ3v) is 17.6. The Balaban J connectivity index is 0.908. The Morgan fingerprint density at radius 3 is 0.828 bits per heavy atom. The quantitative estimate of drug-likeness (QED) is 0.112. The lowest BCUT2D eigenvalue weighted by atomic mass is 9.33. The average Bonchev–Trinajstić information content (AvgIpc) is 0.750. The van der Waals surface area contributed by atoms with Crippen molar-refractivity contribution in [2.45, 2.75) is 38.5 Å². The van der Waals surface area contributed by atoms with E-state index in [1.165, 1.54) is 38.6 Å². The fraction of sp³-hybridized carbons (Fsp3) is 0.0769. The minimum Gasteiger partial charge on any atom is -0.311 e. The molecule has 2 aliphatic heterocycles. The molecule has 0 aliphatic carbocycles. The Labute approximate surface area is 508 Å². The van der Waals surface area contributed by atoms with Crippen molar-refractivity contribution in [3.63, 3.8) is 0 Å². The molecule has 0 saturated carbocycles. The van der Waals surface area contributed by atoms with Gasteiger partial charge in [0.25, 0.3) is 6.71 Å². The number of hydrogen-bond acceptors (Lipinski definition) is 8. The lowest BCUT2D eigenvalue weighted by Gasteiger charge is -2.45. The summed E-state index contributed by atoms with van der Waals surface area (Å²) < 4.78 is 0. The molecule has 0 saturated heterocycles. The number of rotatable bonds is 12. The summed E-state index contributed by atoms with van der Waals surface area (Å²) in [4.78, 5) is 35.4. The zero-order chi connectivity index (χ0) is 58.6. The van der Waals surface area contributed by atoms with E-state index >= 15 is 0 Å². The first kappa shape index (κ1) is 52.9.